The van der Waals surface area contributed by atoms with Crippen LogP contribution in [0.15, 0.2) is 22.7 Å². The molecule has 18 heavy (non-hydrogen) atoms. The van der Waals surface area contributed by atoms with Crippen molar-refractivity contribution >= 4 is 27.5 Å². The standard InChI is InChI=1S/C13H16BrFN2O/c1-13(4-6-16-7-5-13)12(18)17-11-8-9(14)2-3-10(11)15/h2-3,8,16H,4-7H2,1H3,(H,17,18). The number of carbonyl (C=O) groups excluding carboxylic acids is 1. The van der Waals surface area contributed by atoms with Crippen LogP contribution in [0.5, 0.6) is 0 Å². The van der Waals surface area contributed by atoms with Crippen molar-refractivity contribution in [2.45, 2.75) is 19.8 Å². The highest BCUT2D eigenvalue weighted by molar-refractivity contribution is 9.10. The minimum Gasteiger partial charge on any atom is -0.323 e. The zero-order valence-electron chi connectivity index (χ0n) is 10.2. The largest absolute Gasteiger partial charge is 0.323 e. The van der Waals surface area contributed by atoms with E-state index >= 15 is 0 Å². The Bertz CT molecular complexity index is 458. The van der Waals surface area contributed by atoms with Crippen molar-refractivity contribution in [1.82, 2.24) is 5.32 Å². The van der Waals surface area contributed by atoms with Crippen LogP contribution in [0.1, 0.15) is 19.8 Å². The van der Waals surface area contributed by atoms with Crippen LogP contribution in [0.2, 0.25) is 0 Å². The van der Waals surface area contributed by atoms with Crippen LogP contribution < -0.4 is 10.6 Å². The molecule has 1 aliphatic rings. The molecule has 1 amide bonds. The Hall–Kier alpha value is -0.940. The maximum Gasteiger partial charge on any atom is 0.230 e. The molecule has 0 radical (unpaired) electrons. The molecule has 0 bridgehead atoms. The quantitative estimate of drug-likeness (QED) is 0.881. The Labute approximate surface area is 114 Å². The molecule has 0 spiro atoms. The summed E-state index contributed by atoms with van der Waals surface area (Å²) in [5, 5.41) is 5.91. The maximum absolute atomic E-state index is 13.6. The predicted molar refractivity (Wildman–Crippen MR) is 72.9 cm³/mol. The van der Waals surface area contributed by atoms with Crippen molar-refractivity contribution in [2.24, 2.45) is 5.41 Å². The minimum atomic E-state index is -0.417. The van der Waals surface area contributed by atoms with Gasteiger partial charge in [0.25, 0.3) is 0 Å². The molecule has 1 aliphatic heterocycles. The summed E-state index contributed by atoms with van der Waals surface area (Å²) < 4.78 is 14.3. The molecule has 1 fully saturated rings. The van der Waals surface area contributed by atoms with Crippen LogP contribution in [-0.2, 0) is 4.79 Å². The third-order valence-electron chi connectivity index (χ3n) is 3.43. The van der Waals surface area contributed by atoms with Gasteiger partial charge in [-0.25, -0.2) is 4.39 Å². The Morgan fingerprint density at radius 3 is 2.78 bits per heavy atom. The monoisotopic (exact) mass is 314 g/mol. The summed E-state index contributed by atoms with van der Waals surface area (Å²) in [7, 11) is 0. The molecule has 0 saturated carbocycles. The highest BCUT2D eigenvalue weighted by atomic mass is 79.9. The summed E-state index contributed by atoms with van der Waals surface area (Å²) in [5.74, 6) is -0.523. The Balaban J connectivity index is 2.13. The van der Waals surface area contributed by atoms with Gasteiger partial charge in [0.1, 0.15) is 5.82 Å². The average Bonchev–Trinajstić information content (AvgIpc) is 2.35. The molecule has 0 aromatic heterocycles. The lowest BCUT2D eigenvalue weighted by Crippen LogP contribution is -2.42. The summed E-state index contributed by atoms with van der Waals surface area (Å²) in [6.45, 7) is 3.58. The fraction of sp³-hybridized carbons (Fsp3) is 0.462. The molecule has 98 valence electrons. The second kappa shape index (κ2) is 5.36. The molecular weight excluding hydrogens is 299 g/mol. The van der Waals surface area contributed by atoms with E-state index in [4.69, 9.17) is 0 Å². The molecule has 1 heterocycles. The molecule has 0 atom stereocenters. The van der Waals surface area contributed by atoms with E-state index in [0.29, 0.717) is 0 Å². The van der Waals surface area contributed by atoms with Gasteiger partial charge in [0, 0.05) is 9.89 Å². The molecule has 5 heteroatoms. The van der Waals surface area contributed by atoms with Crippen LogP contribution in [0.3, 0.4) is 0 Å². The molecular formula is C13H16BrFN2O. The molecule has 2 N–H and O–H groups in total. The second-order valence-corrected chi connectivity index (χ2v) is 5.80. The predicted octanol–water partition coefficient (Wildman–Crippen LogP) is 2.92. The Morgan fingerprint density at radius 2 is 2.11 bits per heavy atom. The summed E-state index contributed by atoms with van der Waals surface area (Å²) in [5.41, 5.74) is -0.186. The lowest BCUT2D eigenvalue weighted by atomic mass is 9.80. The van der Waals surface area contributed by atoms with E-state index in [1.807, 2.05) is 6.92 Å². The maximum atomic E-state index is 13.6. The van der Waals surface area contributed by atoms with Gasteiger partial charge in [-0.2, -0.15) is 0 Å². The lowest BCUT2D eigenvalue weighted by molar-refractivity contribution is -0.126. The van der Waals surface area contributed by atoms with E-state index in [9.17, 15) is 9.18 Å². The number of nitrogens with one attached hydrogen (secondary N) is 2. The fourth-order valence-corrected chi connectivity index (χ4v) is 2.43. The van der Waals surface area contributed by atoms with E-state index in [-0.39, 0.29) is 11.6 Å². The summed E-state index contributed by atoms with van der Waals surface area (Å²) >= 11 is 3.27. The number of anilines is 1. The number of hydrogen-bond donors (Lipinski definition) is 2. The lowest BCUT2D eigenvalue weighted by Gasteiger charge is -2.32. The molecule has 0 unspecified atom stereocenters. The van der Waals surface area contributed by atoms with Gasteiger partial charge in [0.05, 0.1) is 5.69 Å². The SMILES string of the molecule is CC1(C(=O)Nc2cc(Br)ccc2F)CCNCC1. The van der Waals surface area contributed by atoms with Crippen LogP contribution in [-0.4, -0.2) is 19.0 Å². The molecule has 1 saturated heterocycles. The Morgan fingerprint density at radius 1 is 1.44 bits per heavy atom. The molecule has 1 aromatic rings. The van der Waals surface area contributed by atoms with E-state index < -0.39 is 11.2 Å². The minimum absolute atomic E-state index is 0.110. The van der Waals surface area contributed by atoms with E-state index in [0.717, 1.165) is 30.4 Å². The smallest absolute Gasteiger partial charge is 0.230 e. The van der Waals surface area contributed by atoms with Crippen molar-refractivity contribution in [3.8, 4) is 0 Å². The van der Waals surface area contributed by atoms with E-state index in [1.54, 1.807) is 12.1 Å². The van der Waals surface area contributed by atoms with Gasteiger partial charge in [-0.1, -0.05) is 22.9 Å². The number of benzene rings is 1. The highest BCUT2D eigenvalue weighted by Crippen LogP contribution is 2.30. The van der Waals surface area contributed by atoms with Crippen molar-refractivity contribution in [2.75, 3.05) is 18.4 Å². The normalized spacial score (nSPS) is 18.4. The van der Waals surface area contributed by atoms with E-state index in [1.165, 1.54) is 6.07 Å². The zero-order valence-corrected chi connectivity index (χ0v) is 11.8. The van der Waals surface area contributed by atoms with Crippen molar-refractivity contribution in [3.05, 3.63) is 28.5 Å². The number of amides is 1. The van der Waals surface area contributed by atoms with Gasteiger partial charge < -0.3 is 10.6 Å². The average molecular weight is 315 g/mol. The summed E-state index contributed by atoms with van der Waals surface area (Å²) in [6.07, 6.45) is 1.54. The molecule has 0 aliphatic carbocycles. The number of carbonyl (C=O) groups is 1. The summed E-state index contributed by atoms with van der Waals surface area (Å²) in [4.78, 5) is 12.2. The van der Waals surface area contributed by atoms with Crippen LogP contribution >= 0.6 is 15.9 Å². The first-order valence-electron chi connectivity index (χ1n) is 5.98. The van der Waals surface area contributed by atoms with Gasteiger partial charge >= 0.3 is 0 Å². The van der Waals surface area contributed by atoms with Crippen molar-refractivity contribution in [1.29, 1.82) is 0 Å². The van der Waals surface area contributed by atoms with Gasteiger partial charge in [-0.15, -0.1) is 0 Å². The fourth-order valence-electron chi connectivity index (χ4n) is 2.07. The Kier molecular flexibility index (Phi) is 4.02. The molecule has 1 aromatic carbocycles. The van der Waals surface area contributed by atoms with Crippen molar-refractivity contribution < 1.29 is 9.18 Å². The summed E-state index contributed by atoms with van der Waals surface area (Å²) in [6, 6.07) is 4.53. The third-order valence-corrected chi connectivity index (χ3v) is 3.93. The van der Waals surface area contributed by atoms with Gasteiger partial charge in [-0.3, -0.25) is 4.79 Å². The highest BCUT2D eigenvalue weighted by Gasteiger charge is 2.34. The first kappa shape index (κ1) is 13.5. The number of halogens is 2. The second-order valence-electron chi connectivity index (χ2n) is 4.89. The van der Waals surface area contributed by atoms with Gasteiger partial charge in [0.15, 0.2) is 0 Å². The zero-order chi connectivity index (χ0) is 13.2. The topological polar surface area (TPSA) is 41.1 Å². The number of hydrogen-bond acceptors (Lipinski definition) is 2. The molecule has 2 rings (SSSR count). The van der Waals surface area contributed by atoms with Crippen LogP contribution in [0.4, 0.5) is 10.1 Å². The van der Waals surface area contributed by atoms with Crippen molar-refractivity contribution in [3.63, 3.8) is 0 Å². The first-order chi connectivity index (χ1) is 8.51. The van der Waals surface area contributed by atoms with Gasteiger partial charge in [-0.05, 0) is 44.1 Å². The number of rotatable bonds is 2. The first-order valence-corrected chi connectivity index (χ1v) is 6.78. The third kappa shape index (κ3) is 2.90. The van der Waals surface area contributed by atoms with Crippen LogP contribution in [0.25, 0.3) is 0 Å². The van der Waals surface area contributed by atoms with Gasteiger partial charge in [0.2, 0.25) is 5.91 Å². The molecule has 3 nitrogen and oxygen atoms in total. The van der Waals surface area contributed by atoms with E-state index in [2.05, 4.69) is 26.6 Å². The van der Waals surface area contributed by atoms with Crippen LogP contribution in [0, 0.1) is 11.2 Å². The number of piperidine rings is 1.